The lowest BCUT2D eigenvalue weighted by atomic mass is 9.85. The summed E-state index contributed by atoms with van der Waals surface area (Å²) >= 11 is 0. The van der Waals surface area contributed by atoms with Crippen LogP contribution in [0.1, 0.15) is 119 Å². The fraction of sp³-hybridized carbons (Fsp3) is 0.559. The van der Waals surface area contributed by atoms with Crippen LogP contribution in [0.15, 0.2) is 152 Å². The summed E-state index contributed by atoms with van der Waals surface area (Å²) in [6.45, 7) is 41.0. The molecular weight excluding hydrogens is 1040 g/mol. The first-order valence-electron chi connectivity index (χ1n) is 29.6. The number of aliphatic hydroxyl groups is 1. The van der Waals surface area contributed by atoms with Gasteiger partial charge in [-0.15, -0.1) is 0 Å². The lowest BCUT2D eigenvalue weighted by Crippen LogP contribution is -2.66. The molecule has 440 valence electrons. The fourth-order valence-electron chi connectivity index (χ4n) is 10.6. The Hall–Kier alpha value is -3.77. The Kier molecular flexibility index (Phi) is 23.4. The topological polar surface area (TPSA) is 94.1 Å². The van der Waals surface area contributed by atoms with E-state index in [1.165, 1.54) is 10.4 Å². The summed E-state index contributed by atoms with van der Waals surface area (Å²) in [5.74, 6) is 1.04. The van der Waals surface area contributed by atoms with Crippen molar-refractivity contribution in [3.8, 4) is 5.75 Å². The van der Waals surface area contributed by atoms with Gasteiger partial charge >= 0.3 is 0 Å². The maximum absolute atomic E-state index is 12.6. The van der Waals surface area contributed by atoms with Gasteiger partial charge in [0, 0.05) is 6.61 Å². The van der Waals surface area contributed by atoms with Gasteiger partial charge < -0.3 is 42.1 Å². The minimum absolute atomic E-state index is 0.0487. The molecule has 1 saturated heterocycles. The van der Waals surface area contributed by atoms with Gasteiger partial charge in [-0.05, 0) is 124 Å². The van der Waals surface area contributed by atoms with E-state index in [9.17, 15) is 5.11 Å². The molecule has 4 aromatic carbocycles. The van der Waals surface area contributed by atoms with E-state index >= 15 is 0 Å². The van der Waals surface area contributed by atoms with Crippen LogP contribution in [-0.4, -0.2) is 99.2 Å². The number of ether oxygens (including phenoxy) is 5. The first-order valence-corrected chi connectivity index (χ1v) is 37.4. The quantitative estimate of drug-likeness (QED) is 0.0441. The highest BCUT2D eigenvalue weighted by molar-refractivity contribution is 6.99. The molecule has 9 nitrogen and oxygen atoms in total. The Bertz CT molecular complexity index is 2490. The third kappa shape index (κ3) is 17.2. The highest BCUT2D eigenvalue weighted by Gasteiger charge is 2.51. The zero-order valence-corrected chi connectivity index (χ0v) is 54.8. The largest absolute Gasteiger partial charge is 0.497 e. The van der Waals surface area contributed by atoms with Crippen molar-refractivity contribution in [2.24, 2.45) is 11.8 Å². The van der Waals surface area contributed by atoms with E-state index in [0.29, 0.717) is 38.4 Å². The van der Waals surface area contributed by atoms with Crippen molar-refractivity contribution >= 4 is 35.3 Å². The number of rotatable bonds is 28. The van der Waals surface area contributed by atoms with E-state index in [-0.39, 0.29) is 57.5 Å². The molecule has 0 radical (unpaired) electrons. The molecule has 0 spiro atoms. The van der Waals surface area contributed by atoms with Crippen LogP contribution in [-0.2, 0) is 45.4 Å². The second kappa shape index (κ2) is 28.7. The molecule has 4 aromatic rings. The molecule has 10 atom stereocenters. The lowest BCUT2D eigenvalue weighted by molar-refractivity contribution is -0.102. The van der Waals surface area contributed by atoms with Gasteiger partial charge in [0.2, 0.25) is 0 Å². The molecule has 2 aliphatic rings. The van der Waals surface area contributed by atoms with Crippen LogP contribution >= 0.6 is 0 Å². The molecule has 0 aromatic heterocycles. The maximum atomic E-state index is 12.6. The lowest BCUT2D eigenvalue weighted by Gasteiger charge is -2.44. The van der Waals surface area contributed by atoms with E-state index in [2.05, 4.69) is 218 Å². The number of hydrogen-bond donors (Lipinski definition) is 1. The van der Waals surface area contributed by atoms with Crippen molar-refractivity contribution in [1.82, 2.24) is 0 Å². The Balaban J connectivity index is 1.26. The van der Waals surface area contributed by atoms with Gasteiger partial charge in [-0.2, -0.15) is 0 Å². The van der Waals surface area contributed by atoms with Gasteiger partial charge in [-0.3, -0.25) is 0 Å². The van der Waals surface area contributed by atoms with Gasteiger partial charge in [0.1, 0.15) is 18.0 Å². The molecule has 2 aliphatic heterocycles. The van der Waals surface area contributed by atoms with Crippen LogP contribution in [0, 0.1) is 11.8 Å². The molecular formula is C68H102O9Si3. The Morgan fingerprint density at radius 2 is 1.27 bits per heavy atom. The predicted octanol–water partition coefficient (Wildman–Crippen LogP) is 14.9. The van der Waals surface area contributed by atoms with E-state index < -0.39 is 43.3 Å². The van der Waals surface area contributed by atoms with E-state index in [0.717, 1.165) is 42.6 Å². The molecule has 0 amide bonds. The van der Waals surface area contributed by atoms with Crippen LogP contribution in [0.5, 0.6) is 5.75 Å². The molecule has 6 rings (SSSR count). The summed E-state index contributed by atoms with van der Waals surface area (Å²) < 4.78 is 54.4. The van der Waals surface area contributed by atoms with Gasteiger partial charge in [-0.1, -0.05) is 210 Å². The Labute approximate surface area is 487 Å². The molecule has 80 heavy (non-hydrogen) atoms. The summed E-state index contributed by atoms with van der Waals surface area (Å²) in [5, 5.41) is 14.8. The first kappa shape index (κ1) is 65.4. The van der Waals surface area contributed by atoms with Crippen molar-refractivity contribution in [2.75, 3.05) is 20.3 Å². The predicted molar refractivity (Wildman–Crippen MR) is 338 cm³/mol. The minimum Gasteiger partial charge on any atom is -0.497 e. The zero-order valence-electron chi connectivity index (χ0n) is 51.8. The normalized spacial score (nSPS) is 21.0. The van der Waals surface area contributed by atoms with Crippen molar-refractivity contribution < 1.29 is 42.1 Å². The first-order chi connectivity index (χ1) is 37.7. The van der Waals surface area contributed by atoms with Gasteiger partial charge in [0.25, 0.3) is 8.32 Å². The summed E-state index contributed by atoms with van der Waals surface area (Å²) in [5.41, 5.74) is 2.84. The van der Waals surface area contributed by atoms with Crippen LogP contribution in [0.2, 0.25) is 41.3 Å². The summed E-state index contributed by atoms with van der Waals surface area (Å²) in [4.78, 5) is 0. The van der Waals surface area contributed by atoms with Crippen molar-refractivity contribution in [3.05, 3.63) is 163 Å². The maximum Gasteiger partial charge on any atom is 0.261 e. The van der Waals surface area contributed by atoms with Gasteiger partial charge in [-0.25, -0.2) is 0 Å². The summed E-state index contributed by atoms with van der Waals surface area (Å²) in [6, 6.07) is 40.2. The number of hydrogen-bond acceptors (Lipinski definition) is 9. The third-order valence-electron chi connectivity index (χ3n) is 17.9. The van der Waals surface area contributed by atoms with Gasteiger partial charge in [0.15, 0.2) is 16.6 Å². The molecule has 0 aliphatic carbocycles. The second-order valence-corrected chi connectivity index (χ2v) is 40.6. The monoisotopic (exact) mass is 1150 g/mol. The standard InChI is InChI=1S/C68H102O9Si3/c1-50(45-46-73-80(68(10,11)12,57-32-23-19-24-33-57)58-34-25-20-26-35-58)51(2)65(72-48-54-39-41-55(70-13)42-40-54)63(77-79(16,17)67(7,8)9)38-28-37-62(76-78(14,15)66(4,5)6)64(69)52(3)59-43-44-61(75-59)60-36-27-31-56(74-60)49-71-47-53-29-21-18-22-30-53/h18-30,32-36,38-42,50-51,56,59-65,69H,3,31,37,43-49H2,1-2,4-17H3/b38-28+/t50-,51+,56-,59-,60+,61-,62+,63-,64+,65+/m0/s1. The molecule has 0 bridgehead atoms. The van der Waals surface area contributed by atoms with E-state index in [1.54, 1.807) is 7.11 Å². The zero-order chi connectivity index (χ0) is 58.5. The highest BCUT2D eigenvalue weighted by atomic mass is 28.4. The molecule has 2 heterocycles. The summed E-state index contributed by atoms with van der Waals surface area (Å²) in [6.07, 6.45) is 9.25. The third-order valence-corrected chi connectivity index (χ3v) is 31.9. The SMILES string of the molecule is C=C([C@@H]1CC[C@@H]([C@H]2C=CC[C@@H](COCc3ccccc3)O2)O1)[C@@H](O)[C@@H](C/C=C/[C@H](O[Si](C)(C)C(C)(C)C)[C@H](OCc1ccc(OC)cc1)[C@H](C)[C@@H](C)CCO[Si](c1ccccc1)(c1ccccc1)C(C)(C)C)O[Si](C)(C)C(C)(C)C. The Morgan fingerprint density at radius 1 is 0.713 bits per heavy atom. The average Bonchev–Trinajstić information content (AvgIpc) is 3.96. The molecule has 12 heteroatoms. The minimum atomic E-state index is -2.76. The second-order valence-electron chi connectivity index (χ2n) is 26.8. The summed E-state index contributed by atoms with van der Waals surface area (Å²) in [7, 11) is -5.90. The highest BCUT2D eigenvalue weighted by Crippen LogP contribution is 2.42. The number of benzene rings is 4. The van der Waals surface area contributed by atoms with Crippen LogP contribution < -0.4 is 15.1 Å². The van der Waals surface area contributed by atoms with Crippen LogP contribution in [0.25, 0.3) is 0 Å². The molecule has 0 unspecified atom stereocenters. The number of aliphatic hydroxyl groups excluding tert-OH is 1. The Morgan fingerprint density at radius 3 is 1.84 bits per heavy atom. The molecule has 1 fully saturated rings. The van der Waals surface area contributed by atoms with Crippen molar-refractivity contribution in [1.29, 1.82) is 0 Å². The van der Waals surface area contributed by atoms with E-state index in [1.807, 2.05) is 30.3 Å². The fourth-order valence-corrected chi connectivity index (χ4v) is 17.7. The average molecular weight is 1150 g/mol. The smallest absolute Gasteiger partial charge is 0.261 e. The van der Waals surface area contributed by atoms with Crippen LogP contribution in [0.3, 0.4) is 0 Å². The van der Waals surface area contributed by atoms with Crippen molar-refractivity contribution in [2.45, 2.75) is 212 Å². The van der Waals surface area contributed by atoms with E-state index in [4.69, 9.17) is 37.0 Å². The number of methoxy groups -OCH3 is 1. The molecule has 1 N–H and O–H groups in total. The molecule has 0 saturated carbocycles. The van der Waals surface area contributed by atoms with Crippen molar-refractivity contribution in [3.63, 3.8) is 0 Å². The van der Waals surface area contributed by atoms with Crippen LogP contribution in [0.4, 0.5) is 0 Å². The van der Waals surface area contributed by atoms with Gasteiger partial charge in [0.05, 0.1) is 63.6 Å².